The summed E-state index contributed by atoms with van der Waals surface area (Å²) in [5.41, 5.74) is 0.474. The van der Waals surface area contributed by atoms with E-state index in [1.54, 1.807) is 41.8 Å². The van der Waals surface area contributed by atoms with Crippen molar-refractivity contribution in [2.75, 3.05) is 39.3 Å². The van der Waals surface area contributed by atoms with E-state index >= 15 is 0 Å². The number of halogens is 1. The number of nitrogens with one attached hydrogen (secondary N) is 1. The zero-order chi connectivity index (χ0) is 19.8. The Balaban J connectivity index is 1.74. The van der Waals surface area contributed by atoms with Crippen molar-refractivity contribution in [3.05, 3.63) is 35.6 Å². The molecule has 1 heterocycles. The van der Waals surface area contributed by atoms with Gasteiger partial charge in [-0.05, 0) is 25.0 Å². The van der Waals surface area contributed by atoms with E-state index in [1.165, 1.54) is 6.07 Å². The molecule has 1 aromatic rings. The predicted octanol–water partition coefficient (Wildman–Crippen LogP) is 1.42. The SMILES string of the molecule is CCOC(=O)N1CCN(C(=O)CNC(=O)C(C)Cc2ccccc2F)CC1. The zero-order valence-corrected chi connectivity index (χ0v) is 15.7. The molecule has 1 N–H and O–H groups in total. The second kappa shape index (κ2) is 9.89. The van der Waals surface area contributed by atoms with Crippen molar-refractivity contribution >= 4 is 17.9 Å². The van der Waals surface area contributed by atoms with Crippen molar-refractivity contribution in [3.8, 4) is 0 Å². The zero-order valence-electron chi connectivity index (χ0n) is 15.7. The van der Waals surface area contributed by atoms with Crippen LogP contribution in [0.4, 0.5) is 9.18 Å². The van der Waals surface area contributed by atoms with Gasteiger partial charge in [-0.3, -0.25) is 9.59 Å². The summed E-state index contributed by atoms with van der Waals surface area (Å²) in [4.78, 5) is 39.3. The first kappa shape index (κ1) is 20.7. The maximum absolute atomic E-state index is 13.7. The summed E-state index contributed by atoms with van der Waals surface area (Å²) in [7, 11) is 0. The van der Waals surface area contributed by atoms with Crippen molar-refractivity contribution in [3.63, 3.8) is 0 Å². The third kappa shape index (κ3) is 5.94. The van der Waals surface area contributed by atoms with E-state index in [4.69, 9.17) is 4.74 Å². The molecule has 3 amide bonds. The number of carbonyl (C=O) groups is 3. The van der Waals surface area contributed by atoms with Gasteiger partial charge in [0.05, 0.1) is 13.2 Å². The highest BCUT2D eigenvalue weighted by Crippen LogP contribution is 2.12. The minimum atomic E-state index is -0.449. The molecule has 0 aliphatic carbocycles. The summed E-state index contributed by atoms with van der Waals surface area (Å²) in [5.74, 6) is -1.29. The molecule has 1 aromatic carbocycles. The molecule has 1 fully saturated rings. The predicted molar refractivity (Wildman–Crippen MR) is 97.5 cm³/mol. The molecule has 0 radical (unpaired) electrons. The minimum absolute atomic E-state index is 0.111. The Morgan fingerprint density at radius 3 is 2.41 bits per heavy atom. The lowest BCUT2D eigenvalue weighted by Gasteiger charge is -2.34. The highest BCUT2D eigenvalue weighted by atomic mass is 19.1. The quantitative estimate of drug-likeness (QED) is 0.811. The molecule has 1 unspecified atom stereocenters. The van der Waals surface area contributed by atoms with Gasteiger partial charge in [-0.25, -0.2) is 9.18 Å². The van der Waals surface area contributed by atoms with Crippen LogP contribution in [0.1, 0.15) is 19.4 Å². The molecule has 148 valence electrons. The minimum Gasteiger partial charge on any atom is -0.450 e. The average molecular weight is 379 g/mol. The number of nitrogens with zero attached hydrogens (tertiary/aromatic N) is 2. The van der Waals surface area contributed by atoms with Crippen LogP contribution in [0.15, 0.2) is 24.3 Å². The molecule has 0 spiro atoms. The fraction of sp³-hybridized carbons (Fsp3) is 0.526. The standard InChI is InChI=1S/C19H26FN3O4/c1-3-27-19(26)23-10-8-22(9-11-23)17(24)13-21-18(25)14(2)12-15-6-4-5-7-16(15)20/h4-7,14H,3,8-13H2,1-2H3,(H,21,25). The summed E-state index contributed by atoms with van der Waals surface area (Å²) in [5, 5.41) is 2.62. The molecular formula is C19H26FN3O4. The lowest BCUT2D eigenvalue weighted by Crippen LogP contribution is -2.53. The van der Waals surface area contributed by atoms with Crippen LogP contribution in [0.5, 0.6) is 0 Å². The second-order valence-corrected chi connectivity index (χ2v) is 6.48. The van der Waals surface area contributed by atoms with Crippen LogP contribution in [-0.2, 0) is 20.7 Å². The highest BCUT2D eigenvalue weighted by Gasteiger charge is 2.25. The number of hydrogen-bond donors (Lipinski definition) is 1. The highest BCUT2D eigenvalue weighted by molar-refractivity contribution is 5.86. The lowest BCUT2D eigenvalue weighted by atomic mass is 10.00. The number of rotatable bonds is 6. The summed E-state index contributed by atoms with van der Waals surface area (Å²) >= 11 is 0. The van der Waals surface area contributed by atoms with Crippen molar-refractivity contribution in [2.45, 2.75) is 20.3 Å². The van der Waals surface area contributed by atoms with E-state index in [0.717, 1.165) is 0 Å². The van der Waals surface area contributed by atoms with Crippen LogP contribution in [0.3, 0.4) is 0 Å². The Morgan fingerprint density at radius 2 is 1.78 bits per heavy atom. The van der Waals surface area contributed by atoms with Gasteiger partial charge in [0, 0.05) is 32.1 Å². The van der Waals surface area contributed by atoms with Gasteiger partial charge in [-0.15, -0.1) is 0 Å². The first-order chi connectivity index (χ1) is 12.9. The van der Waals surface area contributed by atoms with E-state index < -0.39 is 5.92 Å². The number of ether oxygens (including phenoxy) is 1. The molecule has 0 bridgehead atoms. The number of piperazine rings is 1. The molecule has 0 aromatic heterocycles. The van der Waals surface area contributed by atoms with Crippen molar-refractivity contribution in [2.24, 2.45) is 5.92 Å². The third-order valence-corrected chi connectivity index (χ3v) is 4.50. The number of hydrogen-bond acceptors (Lipinski definition) is 4. The summed E-state index contributed by atoms with van der Waals surface area (Å²) in [6, 6.07) is 6.33. The first-order valence-corrected chi connectivity index (χ1v) is 9.13. The molecule has 1 saturated heterocycles. The van der Waals surface area contributed by atoms with Gasteiger partial charge >= 0.3 is 6.09 Å². The fourth-order valence-corrected chi connectivity index (χ4v) is 2.89. The molecule has 7 nitrogen and oxygen atoms in total. The molecule has 27 heavy (non-hydrogen) atoms. The van der Waals surface area contributed by atoms with Gasteiger partial charge in [-0.1, -0.05) is 25.1 Å². The van der Waals surface area contributed by atoms with Crippen molar-refractivity contribution < 1.29 is 23.5 Å². The molecule has 1 aliphatic rings. The number of amides is 3. The summed E-state index contributed by atoms with van der Waals surface area (Å²) in [6.07, 6.45) is -0.106. The largest absolute Gasteiger partial charge is 0.450 e. The maximum atomic E-state index is 13.7. The smallest absolute Gasteiger partial charge is 0.409 e. The van der Waals surface area contributed by atoms with Gasteiger partial charge in [-0.2, -0.15) is 0 Å². The fourth-order valence-electron chi connectivity index (χ4n) is 2.89. The van der Waals surface area contributed by atoms with Crippen LogP contribution in [0.25, 0.3) is 0 Å². The van der Waals surface area contributed by atoms with Gasteiger partial charge < -0.3 is 19.9 Å². The van der Waals surface area contributed by atoms with E-state index in [0.29, 0.717) is 38.3 Å². The van der Waals surface area contributed by atoms with Gasteiger partial charge in [0.2, 0.25) is 11.8 Å². The first-order valence-electron chi connectivity index (χ1n) is 9.13. The Bertz CT molecular complexity index is 675. The van der Waals surface area contributed by atoms with Gasteiger partial charge in [0.1, 0.15) is 5.82 Å². The van der Waals surface area contributed by atoms with Crippen LogP contribution in [0.2, 0.25) is 0 Å². The van der Waals surface area contributed by atoms with E-state index in [2.05, 4.69) is 5.32 Å². The molecule has 8 heteroatoms. The number of carbonyl (C=O) groups excluding carboxylic acids is 3. The molecule has 2 rings (SSSR count). The van der Waals surface area contributed by atoms with Crippen molar-refractivity contribution in [1.82, 2.24) is 15.1 Å². The third-order valence-electron chi connectivity index (χ3n) is 4.50. The Labute approximate surface area is 158 Å². The van der Waals surface area contributed by atoms with Crippen LogP contribution < -0.4 is 5.32 Å². The monoisotopic (exact) mass is 379 g/mol. The van der Waals surface area contributed by atoms with Crippen molar-refractivity contribution in [1.29, 1.82) is 0 Å². The Morgan fingerprint density at radius 1 is 1.15 bits per heavy atom. The Hall–Kier alpha value is -2.64. The van der Waals surface area contributed by atoms with Crippen LogP contribution in [-0.4, -0.2) is 67.0 Å². The molecule has 1 atom stereocenters. The van der Waals surface area contributed by atoms with Gasteiger partial charge in [0.25, 0.3) is 0 Å². The van der Waals surface area contributed by atoms with E-state index in [9.17, 15) is 18.8 Å². The molecule has 0 saturated carbocycles. The van der Waals surface area contributed by atoms with Crippen LogP contribution >= 0.6 is 0 Å². The Kier molecular flexibility index (Phi) is 7.57. The average Bonchev–Trinajstić information content (AvgIpc) is 2.67. The van der Waals surface area contributed by atoms with Gasteiger partial charge in [0.15, 0.2) is 0 Å². The van der Waals surface area contributed by atoms with E-state index in [-0.39, 0.29) is 36.7 Å². The normalized spacial score (nSPS) is 15.2. The summed E-state index contributed by atoms with van der Waals surface area (Å²) in [6.45, 7) is 5.26. The maximum Gasteiger partial charge on any atom is 0.409 e. The molecule has 1 aliphatic heterocycles. The number of benzene rings is 1. The second-order valence-electron chi connectivity index (χ2n) is 6.48. The molecular weight excluding hydrogens is 353 g/mol. The summed E-state index contributed by atoms with van der Waals surface area (Å²) < 4.78 is 18.6. The topological polar surface area (TPSA) is 79.0 Å². The van der Waals surface area contributed by atoms with E-state index in [1.807, 2.05) is 0 Å². The van der Waals surface area contributed by atoms with Crippen LogP contribution in [0, 0.1) is 11.7 Å². The lowest BCUT2D eigenvalue weighted by molar-refractivity contribution is -0.134.